The number of aryl methyl sites for hydroxylation is 1. The number of hydrogen-bond acceptors (Lipinski definition) is 4. The number of benzene rings is 1. The minimum Gasteiger partial charge on any atom is -0.345 e. The number of halogens is 3. The maximum Gasteiger partial charge on any atom is 0.416 e. The Morgan fingerprint density at radius 1 is 1.24 bits per heavy atom. The van der Waals surface area contributed by atoms with Crippen LogP contribution in [0.5, 0.6) is 0 Å². The predicted octanol–water partition coefficient (Wildman–Crippen LogP) is 3.87. The van der Waals surface area contributed by atoms with E-state index in [1.165, 1.54) is 12.1 Å². The van der Waals surface area contributed by atoms with Gasteiger partial charge >= 0.3 is 6.18 Å². The number of nitrogens with zero attached hydrogens (tertiary/aromatic N) is 2. The van der Waals surface area contributed by atoms with Crippen LogP contribution < -0.4 is 10.6 Å². The van der Waals surface area contributed by atoms with Crippen LogP contribution >= 0.6 is 0 Å². The zero-order chi connectivity index (χ0) is 18.4. The quantitative estimate of drug-likeness (QED) is 0.651. The minimum atomic E-state index is -4.52. The van der Waals surface area contributed by atoms with Crippen molar-refractivity contribution in [3.05, 3.63) is 65.5 Å². The Bertz CT molecular complexity index is 853. The number of pyridine rings is 1. The average molecular weight is 346 g/mol. The molecule has 0 saturated heterocycles. The van der Waals surface area contributed by atoms with Gasteiger partial charge in [0.05, 0.1) is 5.56 Å². The van der Waals surface area contributed by atoms with Gasteiger partial charge in [-0.05, 0) is 37.3 Å². The summed E-state index contributed by atoms with van der Waals surface area (Å²) in [5, 5.41) is 14.0. The fraction of sp³-hybridized carbons (Fsp3) is 0.118. The number of alkyl halides is 3. The normalized spacial score (nSPS) is 11.6. The number of anilines is 2. The molecule has 5 nitrogen and oxygen atoms in total. The molecular weight excluding hydrogens is 333 g/mol. The lowest BCUT2D eigenvalue weighted by atomic mass is 10.2. The summed E-state index contributed by atoms with van der Waals surface area (Å²) in [6.45, 7) is 1.78. The number of amides is 1. The van der Waals surface area contributed by atoms with Crippen molar-refractivity contribution in [1.29, 1.82) is 5.26 Å². The summed E-state index contributed by atoms with van der Waals surface area (Å²) in [5.74, 6) is -0.401. The average Bonchev–Trinajstić information content (AvgIpc) is 2.55. The standard InChI is InChI=1S/C17H13F3N4O/c1-11-4-2-7-15(23-11)22-10-12(9-21)16(25)24-14-6-3-5-13(8-14)17(18,19)20/h2-8,10H,1H3,(H,22,23)(H,24,25)/b12-10-. The smallest absolute Gasteiger partial charge is 0.345 e. The summed E-state index contributed by atoms with van der Waals surface area (Å²) in [6.07, 6.45) is -3.38. The highest BCUT2D eigenvalue weighted by Crippen LogP contribution is 2.30. The van der Waals surface area contributed by atoms with Gasteiger partial charge in [-0.1, -0.05) is 12.1 Å². The van der Waals surface area contributed by atoms with Gasteiger partial charge in [0, 0.05) is 17.6 Å². The van der Waals surface area contributed by atoms with E-state index in [-0.39, 0.29) is 11.3 Å². The Kier molecular flexibility index (Phi) is 5.39. The number of rotatable bonds is 4. The number of aromatic nitrogens is 1. The number of nitriles is 1. The molecule has 2 N–H and O–H groups in total. The number of carbonyl (C=O) groups is 1. The van der Waals surface area contributed by atoms with Crippen LogP contribution in [0.15, 0.2) is 54.2 Å². The van der Waals surface area contributed by atoms with Crippen LogP contribution in [-0.2, 0) is 11.0 Å². The molecule has 1 heterocycles. The molecule has 0 atom stereocenters. The van der Waals surface area contributed by atoms with E-state index in [4.69, 9.17) is 5.26 Å². The van der Waals surface area contributed by atoms with Crippen molar-refractivity contribution < 1.29 is 18.0 Å². The molecule has 0 spiro atoms. The maximum absolute atomic E-state index is 12.7. The van der Waals surface area contributed by atoms with Crippen LogP contribution in [0.2, 0.25) is 0 Å². The van der Waals surface area contributed by atoms with E-state index in [9.17, 15) is 18.0 Å². The summed E-state index contributed by atoms with van der Waals surface area (Å²) in [4.78, 5) is 16.2. The lowest BCUT2D eigenvalue weighted by molar-refractivity contribution is -0.137. The molecule has 1 aromatic heterocycles. The second-order valence-electron chi connectivity index (χ2n) is 5.01. The van der Waals surface area contributed by atoms with Crippen LogP contribution in [0, 0.1) is 18.3 Å². The molecule has 25 heavy (non-hydrogen) atoms. The zero-order valence-electron chi connectivity index (χ0n) is 13.1. The second kappa shape index (κ2) is 7.49. The van der Waals surface area contributed by atoms with Crippen molar-refractivity contribution in [1.82, 2.24) is 4.98 Å². The van der Waals surface area contributed by atoms with Crippen molar-refractivity contribution in [2.45, 2.75) is 13.1 Å². The lowest BCUT2D eigenvalue weighted by Gasteiger charge is -2.09. The largest absolute Gasteiger partial charge is 0.416 e. The van der Waals surface area contributed by atoms with Gasteiger partial charge in [-0.15, -0.1) is 0 Å². The van der Waals surface area contributed by atoms with Crippen molar-refractivity contribution in [2.24, 2.45) is 0 Å². The highest BCUT2D eigenvalue weighted by Gasteiger charge is 2.30. The molecule has 0 bridgehead atoms. The fourth-order valence-electron chi connectivity index (χ4n) is 1.89. The van der Waals surface area contributed by atoms with E-state index in [0.717, 1.165) is 24.0 Å². The van der Waals surface area contributed by atoms with Crippen molar-refractivity contribution in [3.8, 4) is 6.07 Å². The predicted molar refractivity (Wildman–Crippen MR) is 86.4 cm³/mol. The molecule has 0 aliphatic heterocycles. The van der Waals surface area contributed by atoms with E-state index in [1.807, 2.05) is 0 Å². The number of carbonyl (C=O) groups excluding carboxylic acids is 1. The van der Waals surface area contributed by atoms with E-state index in [0.29, 0.717) is 5.82 Å². The molecule has 1 aromatic carbocycles. The van der Waals surface area contributed by atoms with Gasteiger partial charge in [0.15, 0.2) is 0 Å². The Morgan fingerprint density at radius 2 is 1.96 bits per heavy atom. The molecule has 0 unspecified atom stereocenters. The Labute approximate surface area is 141 Å². The maximum atomic E-state index is 12.7. The third-order valence-electron chi connectivity index (χ3n) is 3.07. The number of nitrogens with one attached hydrogen (secondary N) is 2. The van der Waals surface area contributed by atoms with Crippen molar-refractivity contribution in [3.63, 3.8) is 0 Å². The van der Waals surface area contributed by atoms with E-state index < -0.39 is 17.6 Å². The highest BCUT2D eigenvalue weighted by atomic mass is 19.4. The Balaban J connectivity index is 2.13. The molecule has 0 saturated carbocycles. The highest BCUT2D eigenvalue weighted by molar-refractivity contribution is 6.06. The third kappa shape index (κ3) is 5.07. The van der Waals surface area contributed by atoms with Crippen molar-refractivity contribution in [2.75, 3.05) is 10.6 Å². The van der Waals surface area contributed by atoms with Crippen LogP contribution in [0.4, 0.5) is 24.7 Å². The van der Waals surface area contributed by atoms with Gasteiger partial charge in [-0.25, -0.2) is 4.98 Å². The molecule has 128 valence electrons. The van der Waals surface area contributed by atoms with Crippen LogP contribution in [0.25, 0.3) is 0 Å². The summed E-state index contributed by atoms with van der Waals surface area (Å²) in [6, 6.07) is 11.0. The fourth-order valence-corrected chi connectivity index (χ4v) is 1.89. The molecule has 0 aliphatic carbocycles. The summed E-state index contributed by atoms with van der Waals surface area (Å²) < 4.78 is 38.0. The van der Waals surface area contributed by atoms with E-state index >= 15 is 0 Å². The Morgan fingerprint density at radius 3 is 2.60 bits per heavy atom. The van der Waals surface area contributed by atoms with Gasteiger partial charge in [-0.2, -0.15) is 18.4 Å². The lowest BCUT2D eigenvalue weighted by Crippen LogP contribution is -2.15. The molecule has 2 rings (SSSR count). The Hall–Kier alpha value is -3.34. The second-order valence-corrected chi connectivity index (χ2v) is 5.01. The van der Waals surface area contributed by atoms with Crippen molar-refractivity contribution >= 4 is 17.4 Å². The first-order valence-corrected chi connectivity index (χ1v) is 7.08. The summed E-state index contributed by atoms with van der Waals surface area (Å²) >= 11 is 0. The molecule has 0 aliphatic rings. The first-order chi connectivity index (χ1) is 11.8. The molecular formula is C17H13F3N4O. The molecule has 0 radical (unpaired) electrons. The molecule has 1 amide bonds. The van der Waals surface area contributed by atoms with Gasteiger partial charge in [0.1, 0.15) is 17.5 Å². The SMILES string of the molecule is Cc1cccc(N/C=C(/C#N)C(=O)Nc2cccc(C(F)(F)F)c2)n1. The summed E-state index contributed by atoms with van der Waals surface area (Å²) in [7, 11) is 0. The van der Waals surface area contributed by atoms with E-state index in [2.05, 4.69) is 15.6 Å². The van der Waals surface area contributed by atoms with Gasteiger partial charge in [-0.3, -0.25) is 4.79 Å². The van der Waals surface area contributed by atoms with E-state index in [1.54, 1.807) is 31.2 Å². The first-order valence-electron chi connectivity index (χ1n) is 7.08. The topological polar surface area (TPSA) is 77.8 Å². The van der Waals surface area contributed by atoms with Gasteiger partial charge < -0.3 is 10.6 Å². The monoisotopic (exact) mass is 346 g/mol. The summed E-state index contributed by atoms with van der Waals surface area (Å²) in [5.41, 5.74) is -0.518. The molecule has 2 aromatic rings. The van der Waals surface area contributed by atoms with Crippen LogP contribution in [0.3, 0.4) is 0 Å². The molecule has 0 fully saturated rings. The molecule has 8 heteroatoms. The van der Waals surface area contributed by atoms with Gasteiger partial charge in [0.2, 0.25) is 0 Å². The third-order valence-corrected chi connectivity index (χ3v) is 3.07. The van der Waals surface area contributed by atoms with Crippen LogP contribution in [0.1, 0.15) is 11.3 Å². The zero-order valence-corrected chi connectivity index (χ0v) is 13.1. The van der Waals surface area contributed by atoms with Gasteiger partial charge in [0.25, 0.3) is 5.91 Å². The number of hydrogen-bond donors (Lipinski definition) is 2. The van der Waals surface area contributed by atoms with Crippen LogP contribution in [-0.4, -0.2) is 10.9 Å². The minimum absolute atomic E-state index is 0.0605. The first kappa shape index (κ1) is 18.0.